The van der Waals surface area contributed by atoms with Crippen molar-refractivity contribution in [3.63, 3.8) is 0 Å². The summed E-state index contributed by atoms with van der Waals surface area (Å²) in [5.41, 5.74) is 6.89. The predicted molar refractivity (Wildman–Crippen MR) is 73.5 cm³/mol. The molecule has 98 valence electrons. The number of rotatable bonds is 4. The van der Waals surface area contributed by atoms with Crippen LogP contribution in [0.2, 0.25) is 0 Å². The topological polar surface area (TPSA) is 58.4 Å². The quantitative estimate of drug-likeness (QED) is 0.792. The van der Waals surface area contributed by atoms with Crippen LogP contribution in [0.15, 0.2) is 24.3 Å². The van der Waals surface area contributed by atoms with Crippen molar-refractivity contribution in [3.05, 3.63) is 29.8 Å². The van der Waals surface area contributed by atoms with Crippen molar-refractivity contribution < 1.29 is 4.79 Å². The number of nitrogen functional groups attached to an aromatic ring is 1. The summed E-state index contributed by atoms with van der Waals surface area (Å²) in [7, 11) is 0. The number of hydrogen-bond acceptors (Lipinski definition) is 3. The van der Waals surface area contributed by atoms with Crippen LogP contribution in [0.4, 0.5) is 5.69 Å². The fourth-order valence-corrected chi connectivity index (χ4v) is 2.55. The zero-order valence-electron chi connectivity index (χ0n) is 10.9. The van der Waals surface area contributed by atoms with E-state index in [2.05, 4.69) is 17.1 Å². The largest absolute Gasteiger partial charge is 0.398 e. The molecule has 2 rings (SSSR count). The van der Waals surface area contributed by atoms with E-state index >= 15 is 0 Å². The van der Waals surface area contributed by atoms with Gasteiger partial charge in [-0.25, -0.2) is 0 Å². The van der Waals surface area contributed by atoms with Gasteiger partial charge in [0.1, 0.15) is 0 Å². The van der Waals surface area contributed by atoms with Crippen molar-refractivity contribution in [2.24, 2.45) is 0 Å². The molecule has 1 heterocycles. The molecule has 0 bridgehead atoms. The average Bonchev–Trinajstić information content (AvgIpc) is 2.84. The van der Waals surface area contributed by atoms with Crippen molar-refractivity contribution in [1.82, 2.24) is 10.2 Å². The molecule has 3 N–H and O–H groups in total. The van der Waals surface area contributed by atoms with Crippen LogP contribution in [0.5, 0.6) is 0 Å². The lowest BCUT2D eigenvalue weighted by atomic mass is 10.1. The number of nitrogens with one attached hydrogen (secondary N) is 1. The van der Waals surface area contributed by atoms with Crippen LogP contribution in [0, 0.1) is 0 Å². The number of anilines is 1. The first kappa shape index (κ1) is 12.9. The van der Waals surface area contributed by atoms with E-state index < -0.39 is 0 Å². The van der Waals surface area contributed by atoms with Crippen LogP contribution in [0.3, 0.4) is 0 Å². The minimum absolute atomic E-state index is 0.0731. The van der Waals surface area contributed by atoms with Crippen molar-refractivity contribution >= 4 is 11.6 Å². The molecule has 1 aromatic carbocycles. The summed E-state index contributed by atoms with van der Waals surface area (Å²) < 4.78 is 0. The summed E-state index contributed by atoms with van der Waals surface area (Å²) in [6.07, 6.45) is 2.39. The smallest absolute Gasteiger partial charge is 0.253 e. The van der Waals surface area contributed by atoms with Crippen molar-refractivity contribution in [2.45, 2.75) is 25.8 Å². The molecule has 0 spiro atoms. The van der Waals surface area contributed by atoms with E-state index in [9.17, 15) is 4.79 Å². The molecule has 1 aliphatic rings. The van der Waals surface area contributed by atoms with E-state index in [4.69, 9.17) is 5.73 Å². The Bertz CT molecular complexity index is 419. The molecular formula is C14H21N3O. The molecule has 18 heavy (non-hydrogen) atoms. The third kappa shape index (κ3) is 2.82. The third-order valence-corrected chi connectivity index (χ3v) is 3.61. The van der Waals surface area contributed by atoms with Crippen molar-refractivity contribution in [3.8, 4) is 0 Å². The average molecular weight is 247 g/mol. The zero-order valence-corrected chi connectivity index (χ0v) is 10.9. The van der Waals surface area contributed by atoms with E-state index in [1.165, 1.54) is 12.8 Å². The lowest BCUT2D eigenvalue weighted by molar-refractivity contribution is 0.0942. The molecule has 0 radical (unpaired) electrons. The van der Waals surface area contributed by atoms with Gasteiger partial charge in [0.2, 0.25) is 0 Å². The summed E-state index contributed by atoms with van der Waals surface area (Å²) in [5.74, 6) is -0.0731. The van der Waals surface area contributed by atoms with Crippen molar-refractivity contribution in [2.75, 3.05) is 25.4 Å². The number of likely N-dealkylation sites (tertiary alicyclic amines) is 1. The van der Waals surface area contributed by atoms with E-state index in [0.717, 1.165) is 13.1 Å². The van der Waals surface area contributed by atoms with E-state index in [1.54, 1.807) is 12.1 Å². The maximum Gasteiger partial charge on any atom is 0.253 e. The summed E-state index contributed by atoms with van der Waals surface area (Å²) in [5, 5.41) is 2.99. The molecule has 1 aliphatic heterocycles. The second-order valence-electron chi connectivity index (χ2n) is 4.72. The van der Waals surface area contributed by atoms with Gasteiger partial charge in [-0.1, -0.05) is 19.1 Å². The maximum absolute atomic E-state index is 12.0. The number of likely N-dealkylation sites (N-methyl/N-ethyl adjacent to an activating group) is 1. The monoisotopic (exact) mass is 247 g/mol. The Morgan fingerprint density at radius 1 is 1.50 bits per heavy atom. The highest BCUT2D eigenvalue weighted by atomic mass is 16.1. The maximum atomic E-state index is 12.0. The second-order valence-corrected chi connectivity index (χ2v) is 4.72. The van der Waals surface area contributed by atoms with Crippen LogP contribution in [-0.4, -0.2) is 36.5 Å². The minimum Gasteiger partial charge on any atom is -0.398 e. The predicted octanol–water partition coefficient (Wildman–Crippen LogP) is 1.48. The highest BCUT2D eigenvalue weighted by Gasteiger charge is 2.23. The first-order valence-corrected chi connectivity index (χ1v) is 6.59. The molecule has 1 aromatic rings. The molecule has 4 nitrogen and oxygen atoms in total. The number of hydrogen-bond donors (Lipinski definition) is 2. The fraction of sp³-hybridized carbons (Fsp3) is 0.500. The number of benzene rings is 1. The van der Waals surface area contributed by atoms with E-state index in [0.29, 0.717) is 23.8 Å². The molecule has 0 saturated carbocycles. The summed E-state index contributed by atoms with van der Waals surface area (Å²) in [4.78, 5) is 14.4. The number of para-hydroxylation sites is 1. The normalized spacial score (nSPS) is 19.9. The Morgan fingerprint density at radius 2 is 2.28 bits per heavy atom. The third-order valence-electron chi connectivity index (χ3n) is 3.61. The number of nitrogens with two attached hydrogens (primary N) is 1. The van der Waals surface area contributed by atoms with Crippen LogP contribution >= 0.6 is 0 Å². The Kier molecular flexibility index (Phi) is 4.20. The van der Waals surface area contributed by atoms with Gasteiger partial charge in [0.25, 0.3) is 5.91 Å². The highest BCUT2D eigenvalue weighted by Crippen LogP contribution is 2.16. The lowest BCUT2D eigenvalue weighted by Crippen LogP contribution is -2.40. The molecule has 1 saturated heterocycles. The summed E-state index contributed by atoms with van der Waals surface area (Å²) >= 11 is 0. The number of amides is 1. The van der Waals surface area contributed by atoms with Crippen LogP contribution in [-0.2, 0) is 0 Å². The van der Waals surface area contributed by atoms with Crippen LogP contribution in [0.25, 0.3) is 0 Å². The zero-order chi connectivity index (χ0) is 13.0. The standard InChI is InChI=1S/C14H21N3O/c1-2-17-9-5-6-11(17)10-16-14(18)12-7-3-4-8-13(12)15/h3-4,7-8,11H,2,5-6,9-10,15H2,1H3,(H,16,18)/t11-/m1/s1. The van der Waals surface area contributed by atoms with Crippen molar-refractivity contribution in [1.29, 1.82) is 0 Å². The first-order valence-electron chi connectivity index (χ1n) is 6.59. The Labute approximate surface area is 108 Å². The van der Waals surface area contributed by atoms with Gasteiger partial charge in [0, 0.05) is 18.3 Å². The van der Waals surface area contributed by atoms with Gasteiger partial charge in [-0.2, -0.15) is 0 Å². The molecule has 0 aliphatic carbocycles. The van der Waals surface area contributed by atoms with Gasteiger partial charge in [-0.15, -0.1) is 0 Å². The van der Waals surface area contributed by atoms with E-state index in [1.807, 2.05) is 12.1 Å². The molecule has 4 heteroatoms. The molecule has 0 aromatic heterocycles. The lowest BCUT2D eigenvalue weighted by Gasteiger charge is -2.23. The Morgan fingerprint density at radius 3 is 3.00 bits per heavy atom. The van der Waals surface area contributed by atoms with Gasteiger partial charge >= 0.3 is 0 Å². The minimum atomic E-state index is -0.0731. The highest BCUT2D eigenvalue weighted by molar-refractivity contribution is 5.99. The molecule has 0 unspecified atom stereocenters. The van der Waals surface area contributed by atoms with Gasteiger partial charge in [-0.3, -0.25) is 9.69 Å². The Hall–Kier alpha value is -1.55. The van der Waals surface area contributed by atoms with Gasteiger partial charge in [0.15, 0.2) is 0 Å². The number of carbonyl (C=O) groups is 1. The second kappa shape index (κ2) is 5.87. The fourth-order valence-electron chi connectivity index (χ4n) is 2.55. The molecule has 1 fully saturated rings. The van der Waals surface area contributed by atoms with Crippen LogP contribution < -0.4 is 11.1 Å². The number of nitrogens with zero attached hydrogens (tertiary/aromatic N) is 1. The molecule has 1 atom stereocenters. The van der Waals surface area contributed by atoms with Gasteiger partial charge < -0.3 is 11.1 Å². The summed E-state index contributed by atoms with van der Waals surface area (Å²) in [6.45, 7) is 5.06. The van der Waals surface area contributed by atoms with Gasteiger partial charge in [0.05, 0.1) is 5.56 Å². The van der Waals surface area contributed by atoms with Crippen LogP contribution in [0.1, 0.15) is 30.1 Å². The Balaban J connectivity index is 1.91. The molecular weight excluding hydrogens is 226 g/mol. The molecule has 1 amide bonds. The van der Waals surface area contributed by atoms with E-state index in [-0.39, 0.29) is 5.91 Å². The SMILES string of the molecule is CCN1CCC[C@@H]1CNC(=O)c1ccccc1N. The summed E-state index contributed by atoms with van der Waals surface area (Å²) in [6, 6.07) is 7.66. The van der Waals surface area contributed by atoms with Gasteiger partial charge in [-0.05, 0) is 38.1 Å². The first-order chi connectivity index (χ1) is 8.72. The number of carbonyl (C=O) groups excluding carboxylic acids is 1.